The molecule has 0 fully saturated rings. The lowest BCUT2D eigenvalue weighted by Crippen LogP contribution is -2.24. The highest BCUT2D eigenvalue weighted by Crippen LogP contribution is 2.08. The van der Waals surface area contributed by atoms with E-state index in [0.29, 0.717) is 0 Å². The lowest BCUT2D eigenvalue weighted by molar-refractivity contribution is 0.652. The van der Waals surface area contributed by atoms with E-state index >= 15 is 0 Å². The fourth-order valence-corrected chi connectivity index (χ4v) is 1.03. The maximum Gasteiger partial charge on any atom is 0.100 e. The number of hydrogen-bond acceptors (Lipinski definition) is 3. The third-order valence-electron chi connectivity index (χ3n) is 1.81. The van der Waals surface area contributed by atoms with Crippen molar-refractivity contribution in [1.29, 1.82) is 0 Å². The summed E-state index contributed by atoms with van der Waals surface area (Å²) in [5.74, 6) is 0. The Morgan fingerprint density at radius 3 is 2.46 bits per heavy atom. The van der Waals surface area contributed by atoms with Crippen LogP contribution in [0.25, 0.3) is 0 Å². The molecule has 1 atom stereocenters. The van der Waals surface area contributed by atoms with E-state index < -0.39 is 0 Å². The number of nitrogens with two attached hydrogens (primary N) is 2. The SMILES string of the molecule is Cc1ccc(C(N)N/C=C\N)cc1. The maximum absolute atomic E-state index is 5.81. The largest absolute Gasteiger partial charge is 0.403 e. The van der Waals surface area contributed by atoms with Gasteiger partial charge in [-0.25, -0.2) is 0 Å². The Kier molecular flexibility index (Phi) is 3.34. The highest BCUT2D eigenvalue weighted by Gasteiger charge is 2.00. The van der Waals surface area contributed by atoms with E-state index in [1.807, 2.05) is 31.2 Å². The first-order chi connectivity index (χ1) is 6.24. The molecule has 0 bridgehead atoms. The van der Waals surface area contributed by atoms with Crippen LogP contribution in [0.4, 0.5) is 0 Å². The molecule has 13 heavy (non-hydrogen) atoms. The molecule has 70 valence electrons. The molecule has 1 rings (SSSR count). The lowest BCUT2D eigenvalue weighted by atomic mass is 10.1. The predicted octanol–water partition coefficient (Wildman–Crippen LogP) is 0.972. The van der Waals surface area contributed by atoms with Crippen molar-refractivity contribution in [1.82, 2.24) is 5.32 Å². The van der Waals surface area contributed by atoms with Gasteiger partial charge in [0.1, 0.15) is 6.17 Å². The van der Waals surface area contributed by atoms with Gasteiger partial charge in [0.15, 0.2) is 0 Å². The van der Waals surface area contributed by atoms with E-state index in [0.717, 1.165) is 5.56 Å². The van der Waals surface area contributed by atoms with Gasteiger partial charge in [-0.1, -0.05) is 29.8 Å². The van der Waals surface area contributed by atoms with E-state index in [9.17, 15) is 0 Å². The van der Waals surface area contributed by atoms with Crippen molar-refractivity contribution >= 4 is 0 Å². The van der Waals surface area contributed by atoms with Crippen molar-refractivity contribution in [2.24, 2.45) is 11.5 Å². The standard InChI is InChI=1S/C10H15N3/c1-8-2-4-9(5-3-8)10(12)13-7-6-11/h2-7,10,13H,11-12H2,1H3/b7-6-. The molecule has 0 saturated carbocycles. The molecule has 1 unspecified atom stereocenters. The third kappa shape index (κ3) is 2.80. The van der Waals surface area contributed by atoms with Gasteiger partial charge < -0.3 is 16.8 Å². The van der Waals surface area contributed by atoms with E-state index in [-0.39, 0.29) is 6.17 Å². The molecular formula is C10H15N3. The summed E-state index contributed by atoms with van der Waals surface area (Å²) in [4.78, 5) is 0. The summed E-state index contributed by atoms with van der Waals surface area (Å²) in [7, 11) is 0. The summed E-state index contributed by atoms with van der Waals surface area (Å²) in [5.41, 5.74) is 13.3. The van der Waals surface area contributed by atoms with Gasteiger partial charge in [0.25, 0.3) is 0 Å². The quantitative estimate of drug-likeness (QED) is 0.603. The van der Waals surface area contributed by atoms with Crippen LogP contribution < -0.4 is 16.8 Å². The minimum Gasteiger partial charge on any atom is -0.403 e. The van der Waals surface area contributed by atoms with Crippen LogP contribution in [0.3, 0.4) is 0 Å². The van der Waals surface area contributed by atoms with Crippen molar-refractivity contribution in [3.63, 3.8) is 0 Å². The topological polar surface area (TPSA) is 64.1 Å². The fraction of sp³-hybridized carbons (Fsp3) is 0.200. The van der Waals surface area contributed by atoms with Crippen molar-refractivity contribution < 1.29 is 0 Å². The first-order valence-corrected chi connectivity index (χ1v) is 4.19. The molecule has 1 aromatic rings. The zero-order chi connectivity index (χ0) is 9.68. The summed E-state index contributed by atoms with van der Waals surface area (Å²) >= 11 is 0. The molecule has 0 aliphatic rings. The summed E-state index contributed by atoms with van der Waals surface area (Å²) < 4.78 is 0. The smallest absolute Gasteiger partial charge is 0.100 e. The molecule has 0 heterocycles. The molecule has 0 radical (unpaired) electrons. The molecule has 3 nitrogen and oxygen atoms in total. The van der Waals surface area contributed by atoms with Crippen LogP contribution in [-0.4, -0.2) is 0 Å². The highest BCUT2D eigenvalue weighted by molar-refractivity contribution is 5.23. The van der Waals surface area contributed by atoms with Crippen molar-refractivity contribution in [3.8, 4) is 0 Å². The molecule has 5 N–H and O–H groups in total. The van der Waals surface area contributed by atoms with Gasteiger partial charge >= 0.3 is 0 Å². The van der Waals surface area contributed by atoms with E-state index in [2.05, 4.69) is 5.32 Å². The first-order valence-electron chi connectivity index (χ1n) is 4.19. The molecule has 1 aromatic carbocycles. The molecular weight excluding hydrogens is 162 g/mol. The molecule has 0 aliphatic carbocycles. The first kappa shape index (κ1) is 9.61. The summed E-state index contributed by atoms with van der Waals surface area (Å²) in [6.07, 6.45) is 2.86. The van der Waals surface area contributed by atoms with Crippen LogP contribution >= 0.6 is 0 Å². The van der Waals surface area contributed by atoms with Crippen LogP contribution in [0.5, 0.6) is 0 Å². The third-order valence-corrected chi connectivity index (χ3v) is 1.81. The number of aryl methyl sites for hydroxylation is 1. The summed E-state index contributed by atoms with van der Waals surface area (Å²) in [6, 6.07) is 8.06. The van der Waals surface area contributed by atoms with Crippen LogP contribution in [0.1, 0.15) is 17.3 Å². The van der Waals surface area contributed by atoms with Gasteiger partial charge in [0.05, 0.1) is 0 Å². The Morgan fingerprint density at radius 2 is 1.92 bits per heavy atom. The van der Waals surface area contributed by atoms with Gasteiger partial charge in [0, 0.05) is 12.4 Å². The van der Waals surface area contributed by atoms with Gasteiger partial charge in [-0.3, -0.25) is 0 Å². The zero-order valence-electron chi connectivity index (χ0n) is 7.70. The van der Waals surface area contributed by atoms with Gasteiger partial charge in [0.2, 0.25) is 0 Å². The number of nitrogens with one attached hydrogen (secondary N) is 1. The minimum atomic E-state index is -0.194. The molecule has 0 aliphatic heterocycles. The maximum atomic E-state index is 5.81. The van der Waals surface area contributed by atoms with Gasteiger partial charge in [-0.15, -0.1) is 0 Å². The van der Waals surface area contributed by atoms with Crippen molar-refractivity contribution in [3.05, 3.63) is 47.8 Å². The monoisotopic (exact) mass is 177 g/mol. The summed E-state index contributed by atoms with van der Waals surface area (Å²) in [6.45, 7) is 2.04. The molecule has 0 amide bonds. The summed E-state index contributed by atoms with van der Waals surface area (Å²) in [5, 5.41) is 2.94. The van der Waals surface area contributed by atoms with E-state index in [1.165, 1.54) is 11.8 Å². The van der Waals surface area contributed by atoms with Crippen LogP contribution in [-0.2, 0) is 0 Å². The second-order valence-corrected chi connectivity index (χ2v) is 2.91. The Bertz CT molecular complexity index is 277. The van der Waals surface area contributed by atoms with Crippen LogP contribution in [0, 0.1) is 6.92 Å². The second-order valence-electron chi connectivity index (χ2n) is 2.91. The highest BCUT2D eigenvalue weighted by atomic mass is 15.0. The number of rotatable bonds is 3. The molecule has 3 heteroatoms. The number of benzene rings is 1. The number of hydrogen-bond donors (Lipinski definition) is 3. The van der Waals surface area contributed by atoms with Gasteiger partial charge in [-0.2, -0.15) is 0 Å². The van der Waals surface area contributed by atoms with Crippen LogP contribution in [0.2, 0.25) is 0 Å². The molecule has 0 spiro atoms. The fourth-order valence-electron chi connectivity index (χ4n) is 1.03. The average Bonchev–Trinajstić information content (AvgIpc) is 2.15. The van der Waals surface area contributed by atoms with E-state index in [4.69, 9.17) is 11.5 Å². The normalized spacial score (nSPS) is 13.1. The van der Waals surface area contributed by atoms with E-state index in [1.54, 1.807) is 6.20 Å². The molecule has 0 saturated heterocycles. The Labute approximate surface area is 78.4 Å². The van der Waals surface area contributed by atoms with Crippen molar-refractivity contribution in [2.45, 2.75) is 13.1 Å². The lowest BCUT2D eigenvalue weighted by Gasteiger charge is -2.11. The minimum absolute atomic E-state index is 0.194. The predicted molar refractivity (Wildman–Crippen MR) is 54.6 cm³/mol. The Hall–Kier alpha value is -1.48. The van der Waals surface area contributed by atoms with Crippen molar-refractivity contribution in [2.75, 3.05) is 0 Å². The Morgan fingerprint density at radius 1 is 1.31 bits per heavy atom. The van der Waals surface area contributed by atoms with Gasteiger partial charge in [-0.05, 0) is 12.5 Å². The Balaban J connectivity index is 2.66. The second kappa shape index (κ2) is 4.52. The zero-order valence-corrected chi connectivity index (χ0v) is 7.70. The van der Waals surface area contributed by atoms with Crippen LogP contribution in [0.15, 0.2) is 36.7 Å². The molecule has 0 aromatic heterocycles. The average molecular weight is 177 g/mol.